The van der Waals surface area contributed by atoms with Crippen LogP contribution in [0.4, 0.5) is 0 Å². The minimum absolute atomic E-state index is 0.0437. The summed E-state index contributed by atoms with van der Waals surface area (Å²) in [7, 11) is -6.91. The number of sulfone groups is 1. The van der Waals surface area contributed by atoms with Crippen molar-refractivity contribution in [1.29, 1.82) is 0 Å². The summed E-state index contributed by atoms with van der Waals surface area (Å²) in [5, 5.41) is 0. The summed E-state index contributed by atoms with van der Waals surface area (Å²) in [6.07, 6.45) is 1.84. The van der Waals surface area contributed by atoms with Gasteiger partial charge in [-0.15, -0.1) is 0 Å². The van der Waals surface area contributed by atoms with Crippen LogP contribution in [0.5, 0.6) is 0 Å². The van der Waals surface area contributed by atoms with Crippen molar-refractivity contribution in [3.05, 3.63) is 24.3 Å². The van der Waals surface area contributed by atoms with Gasteiger partial charge in [-0.2, -0.15) is 4.31 Å². The first-order chi connectivity index (χ1) is 9.62. The molecule has 2 unspecified atom stereocenters. The molecule has 1 aromatic rings. The van der Waals surface area contributed by atoms with Crippen LogP contribution in [0.1, 0.15) is 13.3 Å². The Bertz CT molecular complexity index is 709. The summed E-state index contributed by atoms with van der Waals surface area (Å²) >= 11 is 0. The Morgan fingerprint density at radius 1 is 1.14 bits per heavy atom. The first kappa shape index (κ1) is 16.4. The van der Waals surface area contributed by atoms with E-state index in [1.54, 1.807) is 0 Å². The molecule has 118 valence electrons. The molecular formula is C13H20N2O4S2. The number of nitrogens with two attached hydrogens (primary N) is 1. The third kappa shape index (κ3) is 3.45. The second-order valence-electron chi connectivity index (χ2n) is 5.51. The first-order valence-electron chi connectivity index (χ1n) is 6.68. The highest BCUT2D eigenvalue weighted by Gasteiger charge is 2.33. The molecule has 2 rings (SSSR count). The highest BCUT2D eigenvalue weighted by molar-refractivity contribution is 7.90. The van der Waals surface area contributed by atoms with Crippen LogP contribution in [0.2, 0.25) is 0 Å². The van der Waals surface area contributed by atoms with Gasteiger partial charge in [0.1, 0.15) is 0 Å². The highest BCUT2D eigenvalue weighted by atomic mass is 32.2. The van der Waals surface area contributed by atoms with Crippen molar-refractivity contribution in [3.63, 3.8) is 0 Å². The summed E-state index contributed by atoms with van der Waals surface area (Å²) < 4.78 is 49.2. The van der Waals surface area contributed by atoms with Crippen LogP contribution in [0.15, 0.2) is 34.1 Å². The van der Waals surface area contributed by atoms with E-state index in [9.17, 15) is 16.8 Å². The van der Waals surface area contributed by atoms with E-state index in [2.05, 4.69) is 0 Å². The van der Waals surface area contributed by atoms with Crippen LogP contribution >= 0.6 is 0 Å². The van der Waals surface area contributed by atoms with Gasteiger partial charge in [-0.05, 0) is 43.5 Å². The number of benzene rings is 1. The van der Waals surface area contributed by atoms with Gasteiger partial charge in [0.15, 0.2) is 9.84 Å². The fourth-order valence-corrected chi connectivity index (χ4v) is 4.55. The summed E-state index contributed by atoms with van der Waals surface area (Å²) in [4.78, 5) is 0.219. The Kier molecular flexibility index (Phi) is 4.44. The van der Waals surface area contributed by atoms with E-state index in [1.165, 1.54) is 28.6 Å². The van der Waals surface area contributed by atoms with E-state index in [4.69, 9.17) is 5.73 Å². The van der Waals surface area contributed by atoms with Crippen LogP contribution in [0, 0.1) is 5.92 Å². The summed E-state index contributed by atoms with van der Waals surface area (Å²) in [6.45, 7) is 2.73. The van der Waals surface area contributed by atoms with Crippen molar-refractivity contribution < 1.29 is 16.8 Å². The van der Waals surface area contributed by atoms with E-state index in [0.29, 0.717) is 13.1 Å². The monoisotopic (exact) mass is 332 g/mol. The standard InChI is InChI=1S/C13H20N2O4S2/c1-10(14)11-7-8-15(9-11)21(18,19)13-5-3-12(4-6-13)20(2,16)17/h3-6,10-11H,7-9,14H2,1-2H3. The zero-order valence-electron chi connectivity index (χ0n) is 12.1. The first-order valence-corrected chi connectivity index (χ1v) is 10.0. The molecule has 0 spiro atoms. The molecule has 1 saturated heterocycles. The predicted molar refractivity (Wildman–Crippen MR) is 80.1 cm³/mol. The number of rotatable bonds is 4. The van der Waals surface area contributed by atoms with Crippen molar-refractivity contribution >= 4 is 19.9 Å². The van der Waals surface area contributed by atoms with Gasteiger partial charge in [0, 0.05) is 25.4 Å². The highest BCUT2D eigenvalue weighted by Crippen LogP contribution is 2.26. The average molecular weight is 332 g/mol. The third-order valence-electron chi connectivity index (χ3n) is 3.82. The molecule has 8 heteroatoms. The molecule has 1 aliphatic heterocycles. The number of hydrogen-bond donors (Lipinski definition) is 1. The van der Waals surface area contributed by atoms with Crippen molar-refractivity contribution in [3.8, 4) is 0 Å². The Morgan fingerprint density at radius 2 is 1.67 bits per heavy atom. The number of hydrogen-bond acceptors (Lipinski definition) is 5. The quantitative estimate of drug-likeness (QED) is 0.863. The maximum absolute atomic E-state index is 12.5. The SMILES string of the molecule is CC(N)C1CCN(S(=O)(=O)c2ccc(S(C)(=O)=O)cc2)C1. The molecule has 0 aliphatic carbocycles. The summed E-state index contributed by atoms with van der Waals surface area (Å²) in [5.74, 6) is 0.162. The maximum atomic E-state index is 12.5. The Morgan fingerprint density at radius 3 is 2.10 bits per heavy atom. The van der Waals surface area contributed by atoms with Gasteiger partial charge < -0.3 is 5.73 Å². The Hall–Kier alpha value is -0.960. The Labute approximate surface area is 125 Å². The van der Waals surface area contributed by atoms with Crippen LogP contribution in [-0.2, 0) is 19.9 Å². The van der Waals surface area contributed by atoms with Gasteiger partial charge in [-0.25, -0.2) is 16.8 Å². The Balaban J connectivity index is 2.25. The molecule has 2 atom stereocenters. The second kappa shape index (κ2) is 5.68. The van der Waals surface area contributed by atoms with E-state index < -0.39 is 19.9 Å². The fraction of sp³-hybridized carbons (Fsp3) is 0.538. The molecule has 0 aromatic heterocycles. The molecule has 2 N–H and O–H groups in total. The van der Waals surface area contributed by atoms with Crippen LogP contribution in [0.25, 0.3) is 0 Å². The molecular weight excluding hydrogens is 312 g/mol. The molecule has 0 amide bonds. The van der Waals surface area contributed by atoms with Crippen molar-refractivity contribution in [2.24, 2.45) is 11.7 Å². The zero-order chi connectivity index (χ0) is 15.8. The van der Waals surface area contributed by atoms with Gasteiger partial charge in [0.05, 0.1) is 9.79 Å². The van der Waals surface area contributed by atoms with Gasteiger partial charge in [0.25, 0.3) is 0 Å². The van der Waals surface area contributed by atoms with Crippen molar-refractivity contribution in [2.45, 2.75) is 29.2 Å². The minimum atomic E-state index is -3.58. The lowest BCUT2D eigenvalue weighted by atomic mass is 10.0. The molecule has 6 nitrogen and oxygen atoms in total. The largest absolute Gasteiger partial charge is 0.328 e. The second-order valence-corrected chi connectivity index (χ2v) is 9.47. The van der Waals surface area contributed by atoms with Gasteiger partial charge in [-0.3, -0.25) is 0 Å². The average Bonchev–Trinajstić information content (AvgIpc) is 2.88. The van der Waals surface area contributed by atoms with E-state index >= 15 is 0 Å². The van der Waals surface area contributed by atoms with Gasteiger partial charge >= 0.3 is 0 Å². The number of sulfonamides is 1. The number of nitrogens with zero attached hydrogens (tertiary/aromatic N) is 1. The van der Waals surface area contributed by atoms with Crippen molar-refractivity contribution in [2.75, 3.05) is 19.3 Å². The predicted octanol–water partition coefficient (Wildman–Crippen LogP) is 0.448. The van der Waals surface area contributed by atoms with E-state index in [-0.39, 0.29) is 21.8 Å². The minimum Gasteiger partial charge on any atom is -0.328 e. The van der Waals surface area contributed by atoms with E-state index in [0.717, 1.165) is 12.7 Å². The molecule has 1 fully saturated rings. The van der Waals surface area contributed by atoms with E-state index in [1.807, 2.05) is 6.92 Å². The maximum Gasteiger partial charge on any atom is 0.243 e. The summed E-state index contributed by atoms with van der Waals surface area (Å²) in [6, 6.07) is 5.27. The van der Waals surface area contributed by atoms with Gasteiger partial charge in [-0.1, -0.05) is 0 Å². The molecule has 1 aromatic carbocycles. The zero-order valence-corrected chi connectivity index (χ0v) is 13.7. The topological polar surface area (TPSA) is 97.5 Å². The van der Waals surface area contributed by atoms with Crippen molar-refractivity contribution in [1.82, 2.24) is 4.31 Å². The molecule has 0 radical (unpaired) electrons. The summed E-state index contributed by atoms with van der Waals surface area (Å²) in [5.41, 5.74) is 5.82. The van der Waals surface area contributed by atoms with Crippen LogP contribution < -0.4 is 5.73 Å². The molecule has 1 heterocycles. The molecule has 21 heavy (non-hydrogen) atoms. The molecule has 0 saturated carbocycles. The fourth-order valence-electron chi connectivity index (χ4n) is 2.41. The lowest BCUT2D eigenvalue weighted by Crippen LogP contribution is -2.33. The lowest BCUT2D eigenvalue weighted by Gasteiger charge is -2.18. The third-order valence-corrected chi connectivity index (χ3v) is 6.83. The molecule has 1 aliphatic rings. The van der Waals surface area contributed by atoms with Gasteiger partial charge in [0.2, 0.25) is 10.0 Å². The van der Waals surface area contributed by atoms with Crippen LogP contribution in [0.3, 0.4) is 0 Å². The van der Waals surface area contributed by atoms with Crippen LogP contribution in [-0.4, -0.2) is 46.5 Å². The molecule has 0 bridgehead atoms. The smallest absolute Gasteiger partial charge is 0.243 e. The normalized spacial score (nSPS) is 22.3. The lowest BCUT2D eigenvalue weighted by molar-refractivity contribution is 0.429.